The molecule has 0 aliphatic carbocycles. The van der Waals surface area contributed by atoms with Gasteiger partial charge in [0.2, 0.25) is 5.89 Å². The van der Waals surface area contributed by atoms with Crippen molar-refractivity contribution in [3.05, 3.63) is 59.9 Å². The highest BCUT2D eigenvalue weighted by atomic mass is 32.2. The largest absolute Gasteiger partial charge is 0.445 e. The highest BCUT2D eigenvalue weighted by Gasteiger charge is 2.21. The SMILES string of the molecule is CCc1cnc(C(C)Sc2cnc(NC(=O)[C@H](OC)c3ccccc3)s2)o1. The molecular weight excluding hydrogens is 382 g/mol. The Morgan fingerprint density at radius 3 is 2.74 bits per heavy atom. The second-order valence-electron chi connectivity index (χ2n) is 5.78. The summed E-state index contributed by atoms with van der Waals surface area (Å²) < 4.78 is 12.0. The summed E-state index contributed by atoms with van der Waals surface area (Å²) in [5, 5.41) is 3.43. The Labute approximate surface area is 166 Å². The van der Waals surface area contributed by atoms with Crippen LogP contribution in [0.25, 0.3) is 0 Å². The summed E-state index contributed by atoms with van der Waals surface area (Å²) in [6.07, 6.45) is 3.66. The van der Waals surface area contributed by atoms with E-state index in [0.717, 1.165) is 22.0 Å². The van der Waals surface area contributed by atoms with Crippen molar-refractivity contribution in [1.29, 1.82) is 0 Å². The maximum Gasteiger partial charge on any atom is 0.259 e. The number of ether oxygens (including phenoxy) is 1. The first kappa shape index (κ1) is 19.6. The van der Waals surface area contributed by atoms with Gasteiger partial charge in [-0.3, -0.25) is 10.1 Å². The van der Waals surface area contributed by atoms with Gasteiger partial charge in [-0.25, -0.2) is 9.97 Å². The van der Waals surface area contributed by atoms with Gasteiger partial charge >= 0.3 is 0 Å². The number of thioether (sulfide) groups is 1. The lowest BCUT2D eigenvalue weighted by atomic mass is 10.1. The van der Waals surface area contributed by atoms with Crippen LogP contribution >= 0.6 is 23.1 Å². The van der Waals surface area contributed by atoms with E-state index < -0.39 is 6.10 Å². The molecule has 0 radical (unpaired) electrons. The predicted octanol–water partition coefficient (Wildman–Crippen LogP) is 4.87. The zero-order valence-corrected chi connectivity index (χ0v) is 17.0. The van der Waals surface area contributed by atoms with Crippen LogP contribution in [0.2, 0.25) is 0 Å². The summed E-state index contributed by atoms with van der Waals surface area (Å²) in [6, 6.07) is 9.37. The van der Waals surface area contributed by atoms with Crippen LogP contribution in [0, 0.1) is 0 Å². The Morgan fingerprint density at radius 1 is 1.30 bits per heavy atom. The van der Waals surface area contributed by atoms with Crippen molar-refractivity contribution in [3.63, 3.8) is 0 Å². The maximum atomic E-state index is 12.5. The highest BCUT2D eigenvalue weighted by Crippen LogP contribution is 2.38. The van der Waals surface area contributed by atoms with Crippen molar-refractivity contribution >= 4 is 34.1 Å². The summed E-state index contributed by atoms with van der Waals surface area (Å²) in [5.41, 5.74) is 0.799. The number of rotatable bonds is 8. The molecule has 3 rings (SSSR count). The van der Waals surface area contributed by atoms with Crippen molar-refractivity contribution in [2.24, 2.45) is 0 Å². The number of carbonyl (C=O) groups excluding carboxylic acids is 1. The van der Waals surface area contributed by atoms with Gasteiger partial charge in [0.1, 0.15) is 5.76 Å². The molecule has 2 aromatic heterocycles. The molecule has 0 spiro atoms. The molecule has 0 aliphatic heterocycles. The minimum absolute atomic E-state index is 0.0605. The van der Waals surface area contributed by atoms with Crippen LogP contribution < -0.4 is 5.32 Å². The fourth-order valence-electron chi connectivity index (χ4n) is 2.46. The third-order valence-corrected chi connectivity index (χ3v) is 5.99. The van der Waals surface area contributed by atoms with Crippen LogP contribution in [0.1, 0.15) is 42.4 Å². The molecule has 6 nitrogen and oxygen atoms in total. The van der Waals surface area contributed by atoms with Crippen LogP contribution in [0.5, 0.6) is 0 Å². The molecular formula is C19H21N3O3S2. The first-order valence-electron chi connectivity index (χ1n) is 8.56. The molecule has 0 saturated carbocycles. The molecule has 142 valence electrons. The Balaban J connectivity index is 1.62. The van der Waals surface area contributed by atoms with E-state index in [1.165, 1.54) is 18.4 Å². The van der Waals surface area contributed by atoms with Crippen LogP contribution in [-0.2, 0) is 16.0 Å². The van der Waals surface area contributed by atoms with E-state index in [1.54, 1.807) is 24.2 Å². The van der Waals surface area contributed by atoms with E-state index in [4.69, 9.17) is 9.15 Å². The summed E-state index contributed by atoms with van der Waals surface area (Å²) in [5.74, 6) is 1.32. The number of nitrogens with zero attached hydrogens (tertiary/aromatic N) is 2. The predicted molar refractivity (Wildman–Crippen MR) is 107 cm³/mol. The number of methoxy groups -OCH3 is 1. The van der Waals surface area contributed by atoms with Gasteiger partial charge < -0.3 is 9.15 Å². The lowest BCUT2D eigenvalue weighted by Gasteiger charge is -2.14. The van der Waals surface area contributed by atoms with Gasteiger partial charge in [0.25, 0.3) is 5.91 Å². The summed E-state index contributed by atoms with van der Waals surface area (Å²) in [4.78, 5) is 21.1. The van der Waals surface area contributed by atoms with E-state index in [1.807, 2.05) is 44.2 Å². The maximum absolute atomic E-state index is 12.5. The van der Waals surface area contributed by atoms with Crippen LogP contribution in [0.4, 0.5) is 5.13 Å². The number of benzene rings is 1. The molecule has 27 heavy (non-hydrogen) atoms. The quantitative estimate of drug-likeness (QED) is 0.541. The number of nitrogens with one attached hydrogen (secondary N) is 1. The molecule has 0 fully saturated rings. The standard InChI is InChI=1S/C19H21N3O3S2/c1-4-14-10-20-18(25-14)12(2)26-15-11-21-19(27-15)22-17(23)16(24-3)13-8-6-5-7-9-13/h5-12,16H,4H2,1-3H3,(H,21,22,23)/t12?,16-/m1/s1. The number of aromatic nitrogens is 2. The minimum Gasteiger partial charge on any atom is -0.445 e. The molecule has 1 unspecified atom stereocenters. The molecule has 1 amide bonds. The second-order valence-corrected chi connectivity index (χ2v) is 8.45. The van der Waals surface area contributed by atoms with Crippen molar-refractivity contribution in [1.82, 2.24) is 9.97 Å². The monoisotopic (exact) mass is 403 g/mol. The third kappa shape index (κ3) is 4.97. The van der Waals surface area contributed by atoms with E-state index in [0.29, 0.717) is 11.0 Å². The molecule has 0 bridgehead atoms. The summed E-state index contributed by atoms with van der Waals surface area (Å²) >= 11 is 3.01. The van der Waals surface area contributed by atoms with Gasteiger partial charge in [0.15, 0.2) is 11.2 Å². The average Bonchev–Trinajstić information content (AvgIpc) is 3.32. The van der Waals surface area contributed by atoms with E-state index in [2.05, 4.69) is 15.3 Å². The Kier molecular flexibility index (Phi) is 6.65. The Hall–Kier alpha value is -2.16. The first-order valence-corrected chi connectivity index (χ1v) is 10.3. The number of carbonyl (C=O) groups is 1. The van der Waals surface area contributed by atoms with Gasteiger partial charge in [-0.05, 0) is 12.5 Å². The van der Waals surface area contributed by atoms with E-state index >= 15 is 0 Å². The third-order valence-electron chi connectivity index (χ3n) is 3.85. The average molecular weight is 404 g/mol. The Morgan fingerprint density at radius 2 is 2.07 bits per heavy atom. The molecule has 1 aromatic carbocycles. The molecule has 2 atom stereocenters. The number of hydrogen-bond donors (Lipinski definition) is 1. The number of amides is 1. The Bertz CT molecular complexity index is 879. The number of thiazole rings is 1. The normalized spacial score (nSPS) is 13.3. The number of hydrogen-bond acceptors (Lipinski definition) is 7. The van der Waals surface area contributed by atoms with Gasteiger partial charge in [-0.2, -0.15) is 0 Å². The first-order chi connectivity index (χ1) is 13.1. The summed E-state index contributed by atoms with van der Waals surface area (Å²) in [6.45, 7) is 4.06. The zero-order valence-electron chi connectivity index (χ0n) is 15.3. The lowest BCUT2D eigenvalue weighted by molar-refractivity contribution is -0.126. The molecule has 2 heterocycles. The van der Waals surface area contributed by atoms with Crippen molar-refractivity contribution in [3.8, 4) is 0 Å². The second kappa shape index (κ2) is 9.16. The lowest BCUT2D eigenvalue weighted by Crippen LogP contribution is -2.22. The van der Waals surface area contributed by atoms with Crippen LogP contribution in [0.15, 0.2) is 51.4 Å². The fourth-order valence-corrected chi connectivity index (χ4v) is 4.55. The minimum atomic E-state index is -0.676. The molecule has 3 aromatic rings. The van der Waals surface area contributed by atoms with Crippen LogP contribution in [0.3, 0.4) is 0 Å². The van der Waals surface area contributed by atoms with E-state index in [-0.39, 0.29) is 11.2 Å². The topological polar surface area (TPSA) is 77.2 Å². The van der Waals surface area contributed by atoms with Gasteiger partial charge in [-0.15, -0.1) is 11.8 Å². The van der Waals surface area contributed by atoms with E-state index in [9.17, 15) is 4.79 Å². The number of anilines is 1. The fraction of sp³-hybridized carbons (Fsp3) is 0.316. The van der Waals surface area contributed by atoms with Crippen molar-refractivity contribution in [2.75, 3.05) is 12.4 Å². The van der Waals surface area contributed by atoms with Gasteiger partial charge in [0, 0.05) is 13.5 Å². The van der Waals surface area contributed by atoms with Gasteiger partial charge in [-0.1, -0.05) is 48.6 Å². The molecule has 1 N–H and O–H groups in total. The van der Waals surface area contributed by atoms with Gasteiger partial charge in [0.05, 0.1) is 21.9 Å². The molecule has 0 saturated heterocycles. The van der Waals surface area contributed by atoms with Crippen LogP contribution in [-0.4, -0.2) is 23.0 Å². The molecule has 0 aliphatic rings. The molecule has 8 heteroatoms. The number of oxazole rings is 1. The zero-order chi connectivity index (χ0) is 19.2. The smallest absolute Gasteiger partial charge is 0.259 e. The number of aryl methyl sites for hydroxylation is 1. The highest BCUT2D eigenvalue weighted by molar-refractivity contribution is 8.01. The van der Waals surface area contributed by atoms with Crippen molar-refractivity contribution in [2.45, 2.75) is 35.8 Å². The van der Waals surface area contributed by atoms with Crippen molar-refractivity contribution < 1.29 is 13.9 Å². The summed E-state index contributed by atoms with van der Waals surface area (Å²) in [7, 11) is 1.52.